The average molecular weight is 302 g/mol. The molecule has 2 fully saturated rings. The van der Waals surface area contributed by atoms with Crippen molar-refractivity contribution in [2.45, 2.75) is 24.9 Å². The van der Waals surface area contributed by atoms with Gasteiger partial charge in [-0.1, -0.05) is 18.2 Å². The first-order valence-electron chi connectivity index (χ1n) is 6.48. The van der Waals surface area contributed by atoms with E-state index in [9.17, 15) is 18.0 Å². The summed E-state index contributed by atoms with van der Waals surface area (Å²) in [6.07, 6.45) is -4.60. The molecule has 0 aliphatic carbocycles. The Bertz CT molecular complexity index is 523. The summed E-state index contributed by atoms with van der Waals surface area (Å²) in [4.78, 5) is 17.5. The maximum Gasteiger partial charge on any atom is 0.544 e. The van der Waals surface area contributed by atoms with Gasteiger partial charge in [-0.05, 0) is 18.6 Å². The highest BCUT2D eigenvalue weighted by atomic mass is 19.4. The normalized spacial score (nSPS) is 26.1. The molecular formula is C13H13F3N2O3. The van der Waals surface area contributed by atoms with Gasteiger partial charge in [-0.3, -0.25) is 4.90 Å². The van der Waals surface area contributed by atoms with Crippen molar-refractivity contribution in [3.05, 3.63) is 30.3 Å². The van der Waals surface area contributed by atoms with E-state index in [-0.39, 0.29) is 6.61 Å². The number of amides is 2. The molecule has 2 aliphatic rings. The van der Waals surface area contributed by atoms with Crippen molar-refractivity contribution in [2.24, 2.45) is 0 Å². The third-order valence-electron chi connectivity index (χ3n) is 3.55. The van der Waals surface area contributed by atoms with Crippen LogP contribution in [0.1, 0.15) is 6.42 Å². The Morgan fingerprint density at radius 1 is 1.19 bits per heavy atom. The molecule has 0 saturated carbocycles. The third-order valence-corrected chi connectivity index (χ3v) is 3.55. The highest BCUT2D eigenvalue weighted by Gasteiger charge is 2.52. The molecule has 0 N–H and O–H groups in total. The van der Waals surface area contributed by atoms with Crippen LogP contribution in [0.3, 0.4) is 0 Å². The lowest BCUT2D eigenvalue weighted by Crippen LogP contribution is -2.46. The second-order valence-electron chi connectivity index (χ2n) is 4.85. The number of hydroxylamine groups is 2. The van der Waals surface area contributed by atoms with Crippen molar-refractivity contribution >= 4 is 11.7 Å². The average Bonchev–Trinajstić information content (AvgIpc) is 2.71. The van der Waals surface area contributed by atoms with Crippen molar-refractivity contribution in [3.8, 4) is 0 Å². The number of alkyl halides is 3. The third kappa shape index (κ3) is 2.68. The van der Waals surface area contributed by atoms with Crippen molar-refractivity contribution in [1.29, 1.82) is 0 Å². The summed E-state index contributed by atoms with van der Waals surface area (Å²) in [5.74, 6) is 0. The van der Waals surface area contributed by atoms with Crippen LogP contribution in [-0.2, 0) is 9.57 Å². The Hall–Kier alpha value is -1.80. The van der Waals surface area contributed by atoms with E-state index in [2.05, 4.69) is 4.84 Å². The number of fused-ring (bicyclic) bond motifs is 1. The number of anilines is 1. The summed E-state index contributed by atoms with van der Waals surface area (Å²) in [7, 11) is 0. The SMILES string of the molecule is O=C1N(OC(F)(F)F)C2CCOCC2N1c1ccccc1. The van der Waals surface area contributed by atoms with Crippen LogP contribution in [0.25, 0.3) is 0 Å². The zero-order valence-electron chi connectivity index (χ0n) is 10.9. The van der Waals surface area contributed by atoms with Gasteiger partial charge in [-0.15, -0.1) is 13.2 Å². The number of carbonyl (C=O) groups is 1. The topological polar surface area (TPSA) is 42.0 Å². The smallest absolute Gasteiger partial charge is 0.379 e. The molecule has 0 radical (unpaired) electrons. The number of halogens is 3. The molecular weight excluding hydrogens is 289 g/mol. The van der Waals surface area contributed by atoms with Gasteiger partial charge in [-0.25, -0.2) is 4.79 Å². The van der Waals surface area contributed by atoms with Gasteiger partial charge >= 0.3 is 12.4 Å². The lowest BCUT2D eigenvalue weighted by molar-refractivity contribution is -0.404. The maximum absolute atomic E-state index is 12.5. The summed E-state index contributed by atoms with van der Waals surface area (Å²) in [6, 6.07) is 6.55. The monoisotopic (exact) mass is 302 g/mol. The summed E-state index contributed by atoms with van der Waals surface area (Å²) >= 11 is 0. The van der Waals surface area contributed by atoms with Crippen LogP contribution in [0.4, 0.5) is 23.7 Å². The van der Waals surface area contributed by atoms with Crippen LogP contribution in [0.15, 0.2) is 30.3 Å². The molecule has 2 unspecified atom stereocenters. The minimum absolute atomic E-state index is 0.184. The molecule has 1 aromatic carbocycles. The number of rotatable bonds is 2. The predicted molar refractivity (Wildman–Crippen MR) is 66.3 cm³/mol. The van der Waals surface area contributed by atoms with Crippen LogP contribution in [0.5, 0.6) is 0 Å². The molecule has 1 aromatic rings. The number of ether oxygens (including phenoxy) is 1. The van der Waals surface area contributed by atoms with E-state index in [0.29, 0.717) is 23.8 Å². The highest BCUT2D eigenvalue weighted by Crippen LogP contribution is 2.35. The Balaban J connectivity index is 1.92. The minimum Gasteiger partial charge on any atom is -0.379 e. The molecule has 2 atom stereocenters. The number of benzene rings is 1. The maximum atomic E-state index is 12.5. The van der Waals surface area contributed by atoms with Crippen molar-refractivity contribution in [2.75, 3.05) is 18.1 Å². The molecule has 2 saturated heterocycles. The number of urea groups is 1. The van der Waals surface area contributed by atoms with Crippen LogP contribution >= 0.6 is 0 Å². The van der Waals surface area contributed by atoms with Crippen LogP contribution in [0.2, 0.25) is 0 Å². The van der Waals surface area contributed by atoms with Crippen LogP contribution in [0, 0.1) is 0 Å². The van der Waals surface area contributed by atoms with E-state index in [1.807, 2.05) is 0 Å². The molecule has 2 amide bonds. The number of hydrogen-bond acceptors (Lipinski definition) is 3. The Kier molecular flexibility index (Phi) is 3.50. The molecule has 21 heavy (non-hydrogen) atoms. The van der Waals surface area contributed by atoms with Crippen molar-refractivity contribution in [1.82, 2.24) is 5.06 Å². The number of hydrogen-bond donors (Lipinski definition) is 0. The summed E-state index contributed by atoms with van der Waals surface area (Å²) in [5, 5.41) is 0.431. The van der Waals surface area contributed by atoms with E-state index in [4.69, 9.17) is 4.74 Å². The second kappa shape index (κ2) is 5.19. The minimum atomic E-state index is -4.90. The van der Waals surface area contributed by atoms with Crippen molar-refractivity contribution < 1.29 is 27.5 Å². The zero-order valence-corrected chi connectivity index (χ0v) is 10.9. The van der Waals surface area contributed by atoms with Gasteiger partial charge in [-0.2, -0.15) is 9.90 Å². The second-order valence-corrected chi connectivity index (χ2v) is 4.85. The highest BCUT2D eigenvalue weighted by molar-refractivity contribution is 5.95. The largest absolute Gasteiger partial charge is 0.544 e. The van der Waals surface area contributed by atoms with Gasteiger partial charge in [0.1, 0.15) is 0 Å². The molecule has 5 nitrogen and oxygen atoms in total. The van der Waals surface area contributed by atoms with E-state index < -0.39 is 24.5 Å². The summed E-state index contributed by atoms with van der Waals surface area (Å²) < 4.78 is 42.8. The molecule has 3 rings (SSSR count). The molecule has 0 aromatic heterocycles. The standard InChI is InChI=1S/C13H13F3N2O3/c14-13(15,16)21-18-10-6-7-20-8-11(10)17(12(18)19)9-4-2-1-3-5-9/h1-5,10-11H,6-8H2. The number of nitrogens with zero attached hydrogens (tertiary/aromatic N) is 2. The van der Waals surface area contributed by atoms with Gasteiger partial charge in [0.05, 0.1) is 18.7 Å². The van der Waals surface area contributed by atoms with Crippen LogP contribution < -0.4 is 4.90 Å². The summed E-state index contributed by atoms with van der Waals surface area (Å²) in [5.41, 5.74) is 0.524. The van der Waals surface area contributed by atoms with Gasteiger partial charge in [0.25, 0.3) is 0 Å². The Morgan fingerprint density at radius 2 is 1.90 bits per heavy atom. The fourth-order valence-electron chi connectivity index (χ4n) is 2.73. The molecule has 2 heterocycles. The fourth-order valence-corrected chi connectivity index (χ4v) is 2.73. The first-order valence-corrected chi connectivity index (χ1v) is 6.48. The van der Waals surface area contributed by atoms with Crippen molar-refractivity contribution in [3.63, 3.8) is 0 Å². The van der Waals surface area contributed by atoms with E-state index in [1.54, 1.807) is 30.3 Å². The van der Waals surface area contributed by atoms with E-state index in [1.165, 1.54) is 4.90 Å². The predicted octanol–water partition coefficient (Wildman–Crippen LogP) is 2.54. The molecule has 8 heteroatoms. The number of carbonyl (C=O) groups excluding carboxylic acids is 1. The first-order chi connectivity index (χ1) is 9.97. The molecule has 114 valence electrons. The van der Waals surface area contributed by atoms with Gasteiger partial charge in [0.2, 0.25) is 0 Å². The summed E-state index contributed by atoms with van der Waals surface area (Å²) in [6.45, 7) is 0.484. The Labute approximate surface area is 118 Å². The van der Waals surface area contributed by atoms with E-state index >= 15 is 0 Å². The first kappa shape index (κ1) is 14.2. The van der Waals surface area contributed by atoms with Gasteiger partial charge in [0.15, 0.2) is 0 Å². The Morgan fingerprint density at radius 3 is 2.57 bits per heavy atom. The quantitative estimate of drug-likeness (QED) is 0.843. The zero-order chi connectivity index (χ0) is 15.0. The lowest BCUT2D eigenvalue weighted by Gasteiger charge is -2.31. The molecule has 0 bridgehead atoms. The molecule has 2 aliphatic heterocycles. The number of para-hydroxylation sites is 1. The lowest BCUT2D eigenvalue weighted by atomic mass is 10.0. The fraction of sp³-hybridized carbons (Fsp3) is 0.462. The van der Waals surface area contributed by atoms with Gasteiger partial charge in [0, 0.05) is 12.3 Å². The molecule has 0 spiro atoms. The van der Waals surface area contributed by atoms with Gasteiger partial charge < -0.3 is 4.74 Å². The van der Waals surface area contributed by atoms with Crippen LogP contribution in [-0.4, -0.2) is 42.8 Å². The van der Waals surface area contributed by atoms with E-state index in [0.717, 1.165) is 0 Å².